The standard InChI is InChI=1S/C13H15N3O2/c1-8-5-4-6-11(10(8)3)14-13(17)15-12-7-9(2)18-16-12/h4-7H,1-3H3,(H2,14,15,16,17). The van der Waals surface area contributed by atoms with Gasteiger partial charge in [-0.2, -0.15) is 0 Å². The predicted molar refractivity (Wildman–Crippen MR) is 69.8 cm³/mol. The van der Waals surface area contributed by atoms with Gasteiger partial charge in [-0.1, -0.05) is 17.3 Å². The van der Waals surface area contributed by atoms with E-state index in [1.807, 2.05) is 32.0 Å². The van der Waals surface area contributed by atoms with Crippen molar-refractivity contribution in [3.8, 4) is 0 Å². The van der Waals surface area contributed by atoms with Gasteiger partial charge in [-0.3, -0.25) is 5.32 Å². The van der Waals surface area contributed by atoms with E-state index < -0.39 is 0 Å². The Bertz CT molecular complexity index is 575. The van der Waals surface area contributed by atoms with Crippen molar-refractivity contribution < 1.29 is 9.32 Å². The molecule has 18 heavy (non-hydrogen) atoms. The molecule has 0 radical (unpaired) electrons. The Morgan fingerprint density at radius 2 is 2.00 bits per heavy atom. The Hall–Kier alpha value is -2.30. The minimum atomic E-state index is -0.336. The largest absolute Gasteiger partial charge is 0.360 e. The molecule has 1 heterocycles. The Morgan fingerprint density at radius 3 is 2.67 bits per heavy atom. The van der Waals surface area contributed by atoms with Gasteiger partial charge < -0.3 is 9.84 Å². The number of urea groups is 1. The molecule has 1 aromatic heterocycles. The van der Waals surface area contributed by atoms with Crippen molar-refractivity contribution in [3.63, 3.8) is 0 Å². The van der Waals surface area contributed by atoms with Crippen molar-refractivity contribution in [2.45, 2.75) is 20.8 Å². The molecule has 2 N–H and O–H groups in total. The highest BCUT2D eigenvalue weighted by molar-refractivity contribution is 5.99. The van der Waals surface area contributed by atoms with Gasteiger partial charge in [0, 0.05) is 11.8 Å². The Kier molecular flexibility index (Phi) is 3.32. The van der Waals surface area contributed by atoms with Gasteiger partial charge in [-0.25, -0.2) is 4.79 Å². The summed E-state index contributed by atoms with van der Waals surface area (Å²) in [6.45, 7) is 5.73. The van der Waals surface area contributed by atoms with Gasteiger partial charge >= 0.3 is 6.03 Å². The number of aromatic nitrogens is 1. The van der Waals surface area contributed by atoms with Crippen LogP contribution in [0.3, 0.4) is 0 Å². The zero-order chi connectivity index (χ0) is 13.1. The van der Waals surface area contributed by atoms with Crippen LogP contribution in [0.4, 0.5) is 16.3 Å². The Labute approximate surface area is 105 Å². The van der Waals surface area contributed by atoms with Crippen molar-refractivity contribution in [3.05, 3.63) is 41.2 Å². The number of aryl methyl sites for hydroxylation is 2. The number of carbonyl (C=O) groups excluding carboxylic acids is 1. The smallest absolute Gasteiger partial charge is 0.324 e. The lowest BCUT2D eigenvalue weighted by Gasteiger charge is -2.10. The van der Waals surface area contributed by atoms with Gasteiger partial charge in [-0.15, -0.1) is 0 Å². The van der Waals surface area contributed by atoms with Gasteiger partial charge in [0.1, 0.15) is 5.76 Å². The van der Waals surface area contributed by atoms with Crippen LogP contribution < -0.4 is 10.6 Å². The average molecular weight is 245 g/mol. The average Bonchev–Trinajstić information content (AvgIpc) is 2.70. The monoisotopic (exact) mass is 245 g/mol. The van der Waals surface area contributed by atoms with Crippen LogP contribution in [0.5, 0.6) is 0 Å². The van der Waals surface area contributed by atoms with Crippen molar-refractivity contribution in [2.75, 3.05) is 10.6 Å². The molecule has 0 saturated heterocycles. The highest BCUT2D eigenvalue weighted by atomic mass is 16.5. The van der Waals surface area contributed by atoms with E-state index in [1.54, 1.807) is 13.0 Å². The number of amides is 2. The summed E-state index contributed by atoms with van der Waals surface area (Å²) in [6.07, 6.45) is 0. The minimum Gasteiger partial charge on any atom is -0.360 e. The maximum atomic E-state index is 11.8. The van der Waals surface area contributed by atoms with Crippen molar-refractivity contribution >= 4 is 17.5 Å². The first-order chi connectivity index (χ1) is 8.56. The summed E-state index contributed by atoms with van der Waals surface area (Å²) in [4.78, 5) is 11.8. The van der Waals surface area contributed by atoms with Gasteiger partial charge in [0.2, 0.25) is 0 Å². The summed E-state index contributed by atoms with van der Waals surface area (Å²) in [5.41, 5.74) is 2.96. The SMILES string of the molecule is Cc1cc(NC(=O)Nc2cccc(C)c2C)no1. The number of hydrogen-bond acceptors (Lipinski definition) is 3. The molecule has 0 aliphatic carbocycles. The molecule has 94 valence electrons. The minimum absolute atomic E-state index is 0.336. The molecule has 5 heteroatoms. The molecule has 0 fully saturated rings. The van der Waals surface area contributed by atoms with Crippen molar-refractivity contribution in [1.29, 1.82) is 0 Å². The molecule has 0 bridgehead atoms. The first-order valence-electron chi connectivity index (χ1n) is 5.64. The third-order valence-corrected chi connectivity index (χ3v) is 2.72. The van der Waals surface area contributed by atoms with Crippen LogP contribution in [-0.2, 0) is 0 Å². The first kappa shape index (κ1) is 12.2. The van der Waals surface area contributed by atoms with Crippen LogP contribution in [0.1, 0.15) is 16.9 Å². The van der Waals surface area contributed by atoms with E-state index in [4.69, 9.17) is 4.52 Å². The molecule has 5 nitrogen and oxygen atoms in total. The lowest BCUT2D eigenvalue weighted by molar-refractivity contribution is 0.262. The molecule has 0 spiro atoms. The molecule has 2 rings (SSSR count). The molecule has 0 saturated carbocycles. The quantitative estimate of drug-likeness (QED) is 0.853. The first-order valence-corrected chi connectivity index (χ1v) is 5.64. The number of anilines is 2. The second-order valence-electron chi connectivity index (χ2n) is 4.15. The molecule has 2 aromatic rings. The Morgan fingerprint density at radius 1 is 1.22 bits per heavy atom. The molecule has 1 aromatic carbocycles. The fourth-order valence-electron chi connectivity index (χ4n) is 1.58. The van der Waals surface area contributed by atoms with Crippen LogP contribution in [0.25, 0.3) is 0 Å². The second kappa shape index (κ2) is 4.91. The van der Waals surface area contributed by atoms with Crippen LogP contribution in [0, 0.1) is 20.8 Å². The third-order valence-electron chi connectivity index (χ3n) is 2.72. The lowest BCUT2D eigenvalue weighted by atomic mass is 10.1. The zero-order valence-electron chi connectivity index (χ0n) is 10.6. The van der Waals surface area contributed by atoms with Crippen LogP contribution in [-0.4, -0.2) is 11.2 Å². The maximum absolute atomic E-state index is 11.8. The summed E-state index contributed by atoms with van der Waals surface area (Å²) in [5.74, 6) is 1.05. The molecule has 0 atom stereocenters. The topological polar surface area (TPSA) is 67.2 Å². The Balaban J connectivity index is 2.05. The van der Waals surface area contributed by atoms with Gasteiger partial charge in [0.05, 0.1) is 0 Å². The molecular formula is C13H15N3O2. The highest BCUT2D eigenvalue weighted by Gasteiger charge is 2.08. The van der Waals surface area contributed by atoms with E-state index in [0.717, 1.165) is 16.8 Å². The van der Waals surface area contributed by atoms with Gasteiger partial charge in [0.25, 0.3) is 0 Å². The summed E-state index contributed by atoms with van der Waals surface area (Å²) in [7, 11) is 0. The number of benzene rings is 1. The van der Waals surface area contributed by atoms with Crippen LogP contribution >= 0.6 is 0 Å². The molecule has 0 unspecified atom stereocenters. The normalized spacial score (nSPS) is 10.2. The van der Waals surface area contributed by atoms with Crippen LogP contribution in [0.15, 0.2) is 28.8 Å². The number of carbonyl (C=O) groups is 1. The van der Waals surface area contributed by atoms with E-state index in [9.17, 15) is 4.79 Å². The number of nitrogens with zero attached hydrogens (tertiary/aromatic N) is 1. The van der Waals surface area contributed by atoms with E-state index in [1.165, 1.54) is 0 Å². The van der Waals surface area contributed by atoms with E-state index >= 15 is 0 Å². The van der Waals surface area contributed by atoms with E-state index in [-0.39, 0.29) is 6.03 Å². The molecular weight excluding hydrogens is 230 g/mol. The van der Waals surface area contributed by atoms with E-state index in [2.05, 4.69) is 15.8 Å². The predicted octanol–water partition coefficient (Wildman–Crippen LogP) is 3.24. The van der Waals surface area contributed by atoms with Crippen molar-refractivity contribution in [2.24, 2.45) is 0 Å². The van der Waals surface area contributed by atoms with Gasteiger partial charge in [-0.05, 0) is 38.0 Å². The molecule has 2 amide bonds. The zero-order valence-corrected chi connectivity index (χ0v) is 10.6. The summed E-state index contributed by atoms with van der Waals surface area (Å²) in [5, 5.41) is 9.07. The summed E-state index contributed by atoms with van der Waals surface area (Å²) >= 11 is 0. The number of rotatable bonds is 2. The van der Waals surface area contributed by atoms with Crippen molar-refractivity contribution in [1.82, 2.24) is 5.16 Å². The van der Waals surface area contributed by atoms with Gasteiger partial charge in [0.15, 0.2) is 5.82 Å². The summed E-state index contributed by atoms with van der Waals surface area (Å²) < 4.78 is 4.87. The second-order valence-corrected chi connectivity index (χ2v) is 4.15. The number of hydrogen-bond donors (Lipinski definition) is 2. The maximum Gasteiger partial charge on any atom is 0.324 e. The number of nitrogens with one attached hydrogen (secondary N) is 2. The fourth-order valence-corrected chi connectivity index (χ4v) is 1.58. The highest BCUT2D eigenvalue weighted by Crippen LogP contribution is 2.18. The lowest BCUT2D eigenvalue weighted by Crippen LogP contribution is -2.20. The fraction of sp³-hybridized carbons (Fsp3) is 0.231. The summed E-state index contributed by atoms with van der Waals surface area (Å²) in [6, 6.07) is 7.08. The van der Waals surface area contributed by atoms with Crippen LogP contribution in [0.2, 0.25) is 0 Å². The molecule has 0 aliphatic rings. The molecule has 0 aliphatic heterocycles. The third kappa shape index (κ3) is 2.68. The van der Waals surface area contributed by atoms with E-state index in [0.29, 0.717) is 11.6 Å².